The normalized spacial score (nSPS) is 11.0. The van der Waals surface area contributed by atoms with E-state index in [0.29, 0.717) is 16.3 Å². The number of thiophene rings is 1. The number of nitrogens with one attached hydrogen (secondary N) is 1. The number of benzene rings is 2. The number of hydrogen-bond acceptors (Lipinski definition) is 4. The van der Waals surface area contributed by atoms with E-state index in [4.69, 9.17) is 0 Å². The molecule has 4 rings (SSSR count). The Morgan fingerprint density at radius 1 is 1.07 bits per heavy atom. The lowest BCUT2D eigenvalue weighted by atomic mass is 10.3. The molecular formula is C20H12BrF2N3O3S. The highest BCUT2D eigenvalue weighted by molar-refractivity contribution is 9.10. The summed E-state index contributed by atoms with van der Waals surface area (Å²) in [4.78, 5) is 38.4. The van der Waals surface area contributed by atoms with Crippen molar-refractivity contribution in [1.82, 2.24) is 9.13 Å². The van der Waals surface area contributed by atoms with Crippen molar-refractivity contribution < 1.29 is 13.6 Å². The average Bonchev–Trinajstić information content (AvgIpc) is 3.14. The van der Waals surface area contributed by atoms with Crippen molar-refractivity contribution >= 4 is 49.1 Å². The molecule has 2 aromatic heterocycles. The predicted molar refractivity (Wildman–Crippen MR) is 114 cm³/mol. The Kier molecular flexibility index (Phi) is 5.35. The summed E-state index contributed by atoms with van der Waals surface area (Å²) in [6.07, 6.45) is 0. The monoisotopic (exact) mass is 491 g/mol. The molecule has 152 valence electrons. The summed E-state index contributed by atoms with van der Waals surface area (Å²) < 4.78 is 30.1. The Labute approximate surface area is 180 Å². The molecule has 0 saturated heterocycles. The lowest BCUT2D eigenvalue weighted by molar-refractivity contribution is -0.116. The highest BCUT2D eigenvalue weighted by Gasteiger charge is 2.18. The van der Waals surface area contributed by atoms with Crippen LogP contribution in [0.2, 0.25) is 0 Å². The van der Waals surface area contributed by atoms with Gasteiger partial charge >= 0.3 is 5.69 Å². The highest BCUT2D eigenvalue weighted by Crippen LogP contribution is 2.18. The smallest absolute Gasteiger partial charge is 0.324 e. The number of amides is 1. The van der Waals surface area contributed by atoms with Crippen LogP contribution in [0.15, 0.2) is 68.0 Å². The number of carbonyl (C=O) groups is 1. The third-order valence-electron chi connectivity index (χ3n) is 4.27. The zero-order valence-corrected chi connectivity index (χ0v) is 17.5. The summed E-state index contributed by atoms with van der Waals surface area (Å²) in [5.41, 5.74) is -1.05. The van der Waals surface area contributed by atoms with Gasteiger partial charge in [-0.1, -0.05) is 22.0 Å². The zero-order chi connectivity index (χ0) is 21.4. The number of carbonyl (C=O) groups excluding carboxylic acids is 1. The van der Waals surface area contributed by atoms with Crippen LogP contribution in [0.25, 0.3) is 15.9 Å². The molecule has 2 aromatic carbocycles. The topological polar surface area (TPSA) is 73.1 Å². The Morgan fingerprint density at radius 2 is 1.80 bits per heavy atom. The number of nitrogens with zero attached hydrogens (tertiary/aromatic N) is 2. The fourth-order valence-electron chi connectivity index (χ4n) is 3.05. The highest BCUT2D eigenvalue weighted by atomic mass is 79.9. The summed E-state index contributed by atoms with van der Waals surface area (Å²) in [5, 5.41) is 4.28. The first-order valence-corrected chi connectivity index (χ1v) is 10.3. The van der Waals surface area contributed by atoms with Gasteiger partial charge in [-0.05, 0) is 41.8 Å². The molecule has 0 fully saturated rings. The maximum Gasteiger partial charge on any atom is 0.336 e. The minimum atomic E-state index is -0.929. The molecular weight excluding hydrogens is 480 g/mol. The Bertz CT molecular complexity index is 1390. The van der Waals surface area contributed by atoms with Gasteiger partial charge in [0.05, 0.1) is 11.2 Å². The van der Waals surface area contributed by atoms with Gasteiger partial charge in [0.15, 0.2) is 0 Å². The predicted octanol–water partition coefficient (Wildman–Crippen LogP) is 3.89. The van der Waals surface area contributed by atoms with Crippen LogP contribution in [-0.2, 0) is 11.3 Å². The summed E-state index contributed by atoms with van der Waals surface area (Å²) in [5.74, 6) is -2.36. The van der Waals surface area contributed by atoms with Gasteiger partial charge < -0.3 is 5.32 Å². The lowest BCUT2D eigenvalue weighted by Gasteiger charge is -2.13. The Morgan fingerprint density at radius 3 is 2.50 bits per heavy atom. The number of aromatic nitrogens is 2. The largest absolute Gasteiger partial charge is 0.336 e. The van der Waals surface area contributed by atoms with Gasteiger partial charge in [-0.15, -0.1) is 11.3 Å². The average molecular weight is 492 g/mol. The quantitative estimate of drug-likeness (QED) is 0.470. The van der Waals surface area contributed by atoms with Crippen LogP contribution in [0, 0.1) is 11.6 Å². The van der Waals surface area contributed by atoms with E-state index in [9.17, 15) is 23.2 Å². The summed E-state index contributed by atoms with van der Waals surface area (Å²) in [6, 6.07) is 10.9. The van der Waals surface area contributed by atoms with E-state index in [1.165, 1.54) is 0 Å². The fourth-order valence-corrected chi connectivity index (χ4v) is 4.27. The molecule has 0 radical (unpaired) electrons. The van der Waals surface area contributed by atoms with E-state index < -0.39 is 35.3 Å². The maximum absolute atomic E-state index is 13.7. The molecule has 4 aromatic rings. The lowest BCUT2D eigenvalue weighted by Crippen LogP contribution is -2.40. The van der Waals surface area contributed by atoms with Gasteiger partial charge in [-0.25, -0.2) is 18.1 Å². The van der Waals surface area contributed by atoms with E-state index in [2.05, 4.69) is 21.2 Å². The van der Waals surface area contributed by atoms with E-state index >= 15 is 0 Å². The molecule has 0 aliphatic carbocycles. The molecule has 1 N–H and O–H groups in total. The van der Waals surface area contributed by atoms with Crippen LogP contribution >= 0.6 is 27.3 Å². The molecule has 0 saturated carbocycles. The molecule has 30 heavy (non-hydrogen) atoms. The van der Waals surface area contributed by atoms with Crippen molar-refractivity contribution in [3.05, 3.63) is 90.9 Å². The van der Waals surface area contributed by atoms with E-state index in [1.54, 1.807) is 35.7 Å². The van der Waals surface area contributed by atoms with Crippen molar-refractivity contribution in [3.8, 4) is 5.69 Å². The summed E-state index contributed by atoms with van der Waals surface area (Å²) >= 11 is 4.38. The Hall–Kier alpha value is -3.11. The van der Waals surface area contributed by atoms with E-state index in [0.717, 1.165) is 32.5 Å². The first-order chi connectivity index (χ1) is 14.3. The molecule has 0 unspecified atom stereocenters. The second-order valence-corrected chi connectivity index (χ2v) is 8.16. The van der Waals surface area contributed by atoms with Crippen molar-refractivity contribution in [2.45, 2.75) is 6.54 Å². The van der Waals surface area contributed by atoms with Crippen LogP contribution in [0.4, 0.5) is 14.5 Å². The number of fused-ring (bicyclic) bond motifs is 1. The number of anilines is 1. The Balaban J connectivity index is 1.82. The van der Waals surface area contributed by atoms with E-state index in [-0.39, 0.29) is 15.9 Å². The third-order valence-corrected chi connectivity index (χ3v) is 5.66. The molecule has 1 amide bonds. The van der Waals surface area contributed by atoms with Crippen LogP contribution in [0.5, 0.6) is 0 Å². The molecule has 10 heteroatoms. The van der Waals surface area contributed by atoms with Crippen molar-refractivity contribution in [2.24, 2.45) is 0 Å². The molecule has 6 nitrogen and oxygen atoms in total. The molecule has 0 bridgehead atoms. The molecule has 0 spiro atoms. The van der Waals surface area contributed by atoms with Gasteiger partial charge in [-0.3, -0.25) is 14.2 Å². The minimum absolute atomic E-state index is 0.189. The molecule has 0 atom stereocenters. The minimum Gasteiger partial charge on any atom is -0.324 e. The van der Waals surface area contributed by atoms with Crippen LogP contribution in [-0.4, -0.2) is 15.0 Å². The second-order valence-electron chi connectivity index (χ2n) is 6.33. The van der Waals surface area contributed by atoms with Crippen LogP contribution in [0.1, 0.15) is 0 Å². The molecule has 0 aliphatic rings. The molecule has 0 aliphatic heterocycles. The van der Waals surface area contributed by atoms with Gasteiger partial charge in [-0.2, -0.15) is 0 Å². The summed E-state index contributed by atoms with van der Waals surface area (Å²) in [7, 11) is 0. The van der Waals surface area contributed by atoms with Crippen molar-refractivity contribution in [2.75, 3.05) is 5.32 Å². The standard InChI is InChI=1S/C20H12BrF2N3O3S/c21-11-2-1-3-14(6-11)24-17(27)10-25-16-4-5-30-18(16)19(28)26(20(25)29)15-8-12(22)7-13(23)9-15/h1-9H,10H2,(H,24,27). The number of halogens is 3. The van der Waals surface area contributed by atoms with Crippen molar-refractivity contribution in [3.63, 3.8) is 0 Å². The number of hydrogen-bond donors (Lipinski definition) is 1. The van der Waals surface area contributed by atoms with Gasteiger partial charge in [0.1, 0.15) is 22.9 Å². The first-order valence-electron chi connectivity index (χ1n) is 8.58. The van der Waals surface area contributed by atoms with Crippen LogP contribution < -0.4 is 16.6 Å². The molecule has 2 heterocycles. The SMILES string of the molecule is O=C(Cn1c(=O)n(-c2cc(F)cc(F)c2)c(=O)c2sccc21)Nc1cccc(Br)c1. The third kappa shape index (κ3) is 3.83. The van der Waals surface area contributed by atoms with Gasteiger partial charge in [0.2, 0.25) is 5.91 Å². The zero-order valence-electron chi connectivity index (χ0n) is 15.1. The van der Waals surface area contributed by atoms with E-state index in [1.807, 2.05) is 0 Å². The van der Waals surface area contributed by atoms with Gasteiger partial charge in [0.25, 0.3) is 5.56 Å². The van der Waals surface area contributed by atoms with Gasteiger partial charge in [0, 0.05) is 16.2 Å². The first kappa shape index (κ1) is 20.2. The summed E-state index contributed by atoms with van der Waals surface area (Å²) in [6.45, 7) is -0.392. The number of rotatable bonds is 4. The van der Waals surface area contributed by atoms with Crippen molar-refractivity contribution in [1.29, 1.82) is 0 Å². The maximum atomic E-state index is 13.7. The second kappa shape index (κ2) is 7.96. The van der Waals surface area contributed by atoms with Crippen LogP contribution in [0.3, 0.4) is 0 Å². The fraction of sp³-hybridized carbons (Fsp3) is 0.0500.